The second-order valence-electron chi connectivity index (χ2n) is 5.34. The molecule has 1 atom stereocenters. The molecular weight excluding hydrogens is 248 g/mol. The highest BCUT2D eigenvalue weighted by molar-refractivity contribution is 5.85. The summed E-state index contributed by atoms with van der Waals surface area (Å²) in [7, 11) is 0. The summed E-state index contributed by atoms with van der Waals surface area (Å²) >= 11 is 0. The van der Waals surface area contributed by atoms with Crippen LogP contribution >= 0.6 is 0 Å². The molecule has 0 radical (unpaired) electrons. The van der Waals surface area contributed by atoms with Crippen LogP contribution in [0.3, 0.4) is 0 Å². The maximum atomic E-state index is 5.81. The Hall–Kier alpha value is -1.45. The highest BCUT2D eigenvalue weighted by Crippen LogP contribution is 2.23. The van der Waals surface area contributed by atoms with Crippen molar-refractivity contribution in [2.75, 3.05) is 13.2 Å². The van der Waals surface area contributed by atoms with Gasteiger partial charge in [0.15, 0.2) is 0 Å². The van der Waals surface area contributed by atoms with Crippen molar-refractivity contribution in [2.45, 2.75) is 39.3 Å². The minimum absolute atomic E-state index is 0.191. The third-order valence-electron chi connectivity index (χ3n) is 3.31. The van der Waals surface area contributed by atoms with E-state index in [-0.39, 0.29) is 12.1 Å². The SMILES string of the molecule is CCCNC(COC(C)C)c1cncc2ccccc12. The van der Waals surface area contributed by atoms with E-state index in [1.54, 1.807) is 0 Å². The van der Waals surface area contributed by atoms with E-state index in [9.17, 15) is 0 Å². The zero-order valence-corrected chi connectivity index (χ0v) is 12.6. The number of benzene rings is 1. The van der Waals surface area contributed by atoms with E-state index in [2.05, 4.69) is 49.3 Å². The lowest BCUT2D eigenvalue weighted by atomic mass is 10.0. The summed E-state index contributed by atoms with van der Waals surface area (Å²) in [6.07, 6.45) is 5.22. The number of fused-ring (bicyclic) bond motifs is 1. The van der Waals surface area contributed by atoms with Crippen molar-refractivity contribution in [3.8, 4) is 0 Å². The number of aromatic nitrogens is 1. The third kappa shape index (κ3) is 3.78. The van der Waals surface area contributed by atoms with Crippen molar-refractivity contribution >= 4 is 10.8 Å². The molecule has 0 fully saturated rings. The highest BCUT2D eigenvalue weighted by atomic mass is 16.5. The van der Waals surface area contributed by atoms with Gasteiger partial charge < -0.3 is 10.1 Å². The molecule has 1 aromatic heterocycles. The van der Waals surface area contributed by atoms with Crippen molar-refractivity contribution in [2.24, 2.45) is 0 Å². The Balaban J connectivity index is 2.29. The highest BCUT2D eigenvalue weighted by Gasteiger charge is 2.15. The Labute approximate surface area is 121 Å². The lowest BCUT2D eigenvalue weighted by Crippen LogP contribution is -2.27. The largest absolute Gasteiger partial charge is 0.377 e. The fraction of sp³-hybridized carbons (Fsp3) is 0.471. The van der Waals surface area contributed by atoms with Crippen molar-refractivity contribution in [1.29, 1.82) is 0 Å². The normalized spacial score (nSPS) is 13.0. The first-order valence-electron chi connectivity index (χ1n) is 7.40. The van der Waals surface area contributed by atoms with Crippen molar-refractivity contribution in [3.63, 3.8) is 0 Å². The predicted octanol–water partition coefficient (Wildman–Crippen LogP) is 3.70. The number of pyridine rings is 1. The summed E-state index contributed by atoms with van der Waals surface area (Å²) < 4.78 is 5.81. The molecule has 0 saturated heterocycles. The summed E-state index contributed by atoms with van der Waals surface area (Å²) in [5.41, 5.74) is 1.22. The van der Waals surface area contributed by atoms with Crippen molar-refractivity contribution < 1.29 is 4.74 Å². The molecule has 0 amide bonds. The van der Waals surface area contributed by atoms with E-state index < -0.39 is 0 Å². The minimum Gasteiger partial charge on any atom is -0.377 e. The molecule has 0 aliphatic carbocycles. The second kappa shape index (κ2) is 7.36. The molecule has 2 rings (SSSR count). The number of ether oxygens (including phenoxy) is 1. The molecule has 3 heteroatoms. The second-order valence-corrected chi connectivity index (χ2v) is 5.34. The van der Waals surface area contributed by atoms with Gasteiger partial charge in [0.05, 0.1) is 18.8 Å². The first-order chi connectivity index (χ1) is 9.72. The molecule has 1 N–H and O–H groups in total. The van der Waals surface area contributed by atoms with Crippen molar-refractivity contribution in [3.05, 3.63) is 42.2 Å². The Kier molecular flexibility index (Phi) is 5.50. The number of rotatable bonds is 7. The van der Waals surface area contributed by atoms with Crippen LogP contribution < -0.4 is 5.32 Å². The van der Waals surface area contributed by atoms with E-state index in [0.717, 1.165) is 13.0 Å². The molecule has 20 heavy (non-hydrogen) atoms. The molecule has 3 nitrogen and oxygen atoms in total. The molecule has 2 aromatic rings. The molecule has 1 unspecified atom stereocenters. The quantitative estimate of drug-likeness (QED) is 0.834. The van der Waals surface area contributed by atoms with Crippen LogP contribution in [-0.2, 0) is 4.74 Å². The minimum atomic E-state index is 0.191. The number of nitrogens with one attached hydrogen (secondary N) is 1. The predicted molar refractivity (Wildman–Crippen MR) is 83.9 cm³/mol. The summed E-state index contributed by atoms with van der Waals surface area (Å²) in [6.45, 7) is 7.97. The smallest absolute Gasteiger partial charge is 0.0665 e. The van der Waals surface area contributed by atoms with Gasteiger partial charge in [-0.1, -0.05) is 31.2 Å². The van der Waals surface area contributed by atoms with Crippen LogP contribution in [0, 0.1) is 0 Å². The Morgan fingerprint density at radius 3 is 2.75 bits per heavy atom. The van der Waals surface area contributed by atoms with E-state index >= 15 is 0 Å². The molecular formula is C17H24N2O. The maximum Gasteiger partial charge on any atom is 0.0665 e. The fourth-order valence-electron chi connectivity index (χ4n) is 2.28. The number of hydrogen-bond acceptors (Lipinski definition) is 3. The number of hydrogen-bond donors (Lipinski definition) is 1. The zero-order valence-electron chi connectivity index (χ0n) is 12.6. The van der Waals surface area contributed by atoms with Gasteiger partial charge in [-0.25, -0.2) is 0 Å². The van der Waals surface area contributed by atoms with E-state index in [4.69, 9.17) is 4.74 Å². The molecule has 0 bridgehead atoms. The zero-order chi connectivity index (χ0) is 14.4. The fourth-order valence-corrected chi connectivity index (χ4v) is 2.28. The lowest BCUT2D eigenvalue weighted by Gasteiger charge is -2.21. The molecule has 0 aliphatic rings. The van der Waals surface area contributed by atoms with E-state index in [1.165, 1.54) is 16.3 Å². The van der Waals surface area contributed by atoms with Gasteiger partial charge in [0.25, 0.3) is 0 Å². The Morgan fingerprint density at radius 1 is 1.20 bits per heavy atom. The molecule has 0 saturated carbocycles. The Morgan fingerprint density at radius 2 is 2.00 bits per heavy atom. The van der Waals surface area contributed by atoms with Gasteiger partial charge in [0, 0.05) is 17.8 Å². The average molecular weight is 272 g/mol. The summed E-state index contributed by atoms with van der Waals surface area (Å²) in [5.74, 6) is 0. The van der Waals surface area contributed by atoms with Gasteiger partial charge in [-0.3, -0.25) is 4.98 Å². The van der Waals surface area contributed by atoms with E-state index in [0.29, 0.717) is 6.61 Å². The van der Waals surface area contributed by atoms with Crippen LogP contribution in [0.15, 0.2) is 36.7 Å². The van der Waals surface area contributed by atoms with Gasteiger partial charge in [-0.2, -0.15) is 0 Å². The molecule has 0 spiro atoms. The van der Waals surface area contributed by atoms with E-state index in [1.807, 2.05) is 18.5 Å². The lowest BCUT2D eigenvalue weighted by molar-refractivity contribution is 0.0613. The van der Waals surface area contributed by atoms with Crippen molar-refractivity contribution in [1.82, 2.24) is 10.3 Å². The molecule has 0 aliphatic heterocycles. The Bertz CT molecular complexity index is 534. The van der Waals surface area contributed by atoms with Crippen LogP contribution in [-0.4, -0.2) is 24.2 Å². The van der Waals surface area contributed by atoms with Crippen LogP contribution in [0.1, 0.15) is 38.8 Å². The van der Waals surface area contributed by atoms with Gasteiger partial charge in [0.2, 0.25) is 0 Å². The van der Waals surface area contributed by atoms with Crippen LogP contribution in [0.25, 0.3) is 10.8 Å². The van der Waals surface area contributed by atoms with Crippen LogP contribution in [0.4, 0.5) is 0 Å². The van der Waals surface area contributed by atoms with Crippen LogP contribution in [0.2, 0.25) is 0 Å². The maximum absolute atomic E-state index is 5.81. The molecule has 1 aromatic carbocycles. The summed E-state index contributed by atoms with van der Waals surface area (Å²) in [4.78, 5) is 4.37. The van der Waals surface area contributed by atoms with Gasteiger partial charge >= 0.3 is 0 Å². The van der Waals surface area contributed by atoms with Crippen LogP contribution in [0.5, 0.6) is 0 Å². The van der Waals surface area contributed by atoms with Gasteiger partial charge in [-0.15, -0.1) is 0 Å². The van der Waals surface area contributed by atoms with Gasteiger partial charge in [-0.05, 0) is 37.8 Å². The average Bonchev–Trinajstić information content (AvgIpc) is 2.47. The standard InChI is InChI=1S/C17H24N2O/c1-4-9-19-17(12-20-13(2)3)16-11-18-10-14-7-5-6-8-15(14)16/h5-8,10-11,13,17,19H,4,9,12H2,1-3H3. The topological polar surface area (TPSA) is 34.1 Å². The third-order valence-corrected chi connectivity index (χ3v) is 3.31. The monoisotopic (exact) mass is 272 g/mol. The molecule has 1 heterocycles. The summed E-state index contributed by atoms with van der Waals surface area (Å²) in [6, 6.07) is 8.57. The molecule has 108 valence electrons. The first kappa shape index (κ1) is 14.9. The van der Waals surface area contributed by atoms with Gasteiger partial charge in [0.1, 0.15) is 0 Å². The first-order valence-corrected chi connectivity index (χ1v) is 7.40. The summed E-state index contributed by atoms with van der Waals surface area (Å²) in [5, 5.41) is 6.00. The number of nitrogens with zero attached hydrogens (tertiary/aromatic N) is 1.